The van der Waals surface area contributed by atoms with E-state index in [1.807, 2.05) is 0 Å². The van der Waals surface area contributed by atoms with Gasteiger partial charge in [-0.2, -0.15) is 0 Å². The molecule has 0 radical (unpaired) electrons. The SMILES string of the molecule is CC(C)NCC(C)(CN1CCS(=O)CC1)c1ccccc1. The molecular weight excluding hydrogens is 280 g/mol. The minimum atomic E-state index is -0.602. The molecule has 1 N–H and O–H groups in total. The van der Waals surface area contributed by atoms with Gasteiger partial charge < -0.3 is 10.2 Å². The quantitative estimate of drug-likeness (QED) is 0.872. The monoisotopic (exact) mass is 308 g/mol. The third-order valence-electron chi connectivity index (χ3n) is 4.21. The van der Waals surface area contributed by atoms with Gasteiger partial charge in [-0.25, -0.2) is 0 Å². The smallest absolute Gasteiger partial charge is 0.0363 e. The number of benzene rings is 1. The van der Waals surface area contributed by atoms with Gasteiger partial charge in [0.2, 0.25) is 0 Å². The average molecular weight is 308 g/mol. The van der Waals surface area contributed by atoms with Crippen LogP contribution in [-0.2, 0) is 16.2 Å². The second kappa shape index (κ2) is 7.52. The zero-order valence-corrected chi connectivity index (χ0v) is 14.3. The third-order valence-corrected chi connectivity index (χ3v) is 5.49. The van der Waals surface area contributed by atoms with Crippen molar-refractivity contribution < 1.29 is 4.21 Å². The predicted molar refractivity (Wildman–Crippen MR) is 91.2 cm³/mol. The van der Waals surface area contributed by atoms with Crippen molar-refractivity contribution in [3.05, 3.63) is 35.9 Å². The Bertz CT molecular complexity index is 453. The van der Waals surface area contributed by atoms with Crippen LogP contribution in [0.2, 0.25) is 0 Å². The van der Waals surface area contributed by atoms with Crippen molar-refractivity contribution in [3.8, 4) is 0 Å². The Morgan fingerprint density at radius 1 is 1.24 bits per heavy atom. The topological polar surface area (TPSA) is 32.3 Å². The lowest BCUT2D eigenvalue weighted by atomic mass is 9.81. The van der Waals surface area contributed by atoms with Gasteiger partial charge in [0.25, 0.3) is 0 Å². The van der Waals surface area contributed by atoms with Gasteiger partial charge in [0.15, 0.2) is 0 Å². The fourth-order valence-electron chi connectivity index (χ4n) is 2.85. The molecule has 1 saturated heterocycles. The fourth-order valence-corrected chi connectivity index (χ4v) is 3.97. The molecule has 118 valence electrons. The van der Waals surface area contributed by atoms with Gasteiger partial charge in [0, 0.05) is 59.9 Å². The van der Waals surface area contributed by atoms with Crippen molar-refractivity contribution in [2.45, 2.75) is 32.2 Å². The van der Waals surface area contributed by atoms with Crippen LogP contribution in [-0.4, -0.2) is 52.8 Å². The van der Waals surface area contributed by atoms with Crippen molar-refractivity contribution >= 4 is 10.8 Å². The molecule has 1 atom stereocenters. The maximum absolute atomic E-state index is 11.5. The summed E-state index contributed by atoms with van der Waals surface area (Å²) < 4.78 is 11.5. The van der Waals surface area contributed by atoms with E-state index in [1.54, 1.807) is 0 Å². The average Bonchev–Trinajstić information content (AvgIpc) is 2.49. The largest absolute Gasteiger partial charge is 0.314 e. The summed E-state index contributed by atoms with van der Waals surface area (Å²) in [6.45, 7) is 10.6. The summed E-state index contributed by atoms with van der Waals surface area (Å²) in [5.74, 6) is 1.64. The van der Waals surface area contributed by atoms with Gasteiger partial charge >= 0.3 is 0 Å². The van der Waals surface area contributed by atoms with Crippen molar-refractivity contribution in [2.75, 3.05) is 37.7 Å². The molecule has 1 aromatic rings. The van der Waals surface area contributed by atoms with Crippen LogP contribution in [0, 0.1) is 0 Å². The Hall–Kier alpha value is -0.710. The van der Waals surface area contributed by atoms with E-state index in [-0.39, 0.29) is 5.41 Å². The summed E-state index contributed by atoms with van der Waals surface area (Å²) in [5.41, 5.74) is 1.47. The molecule has 0 saturated carbocycles. The molecule has 0 aromatic heterocycles. The Balaban J connectivity index is 2.10. The van der Waals surface area contributed by atoms with Crippen LogP contribution in [0.25, 0.3) is 0 Å². The number of nitrogens with one attached hydrogen (secondary N) is 1. The lowest BCUT2D eigenvalue weighted by Crippen LogP contribution is -2.50. The van der Waals surface area contributed by atoms with E-state index in [0.717, 1.165) is 37.7 Å². The van der Waals surface area contributed by atoms with E-state index in [2.05, 4.69) is 61.3 Å². The molecule has 4 heteroatoms. The molecule has 0 spiro atoms. The highest BCUT2D eigenvalue weighted by Gasteiger charge is 2.30. The van der Waals surface area contributed by atoms with Gasteiger partial charge in [-0.3, -0.25) is 4.21 Å². The van der Waals surface area contributed by atoms with Crippen LogP contribution in [0.15, 0.2) is 30.3 Å². The van der Waals surface area contributed by atoms with E-state index in [1.165, 1.54) is 5.56 Å². The summed E-state index contributed by atoms with van der Waals surface area (Å²) in [6.07, 6.45) is 0. The van der Waals surface area contributed by atoms with Crippen LogP contribution in [0.1, 0.15) is 26.3 Å². The van der Waals surface area contributed by atoms with Gasteiger partial charge in [0.05, 0.1) is 0 Å². The maximum atomic E-state index is 11.5. The molecule has 1 aliphatic heterocycles. The molecule has 2 rings (SSSR count). The first-order valence-electron chi connectivity index (χ1n) is 7.86. The zero-order chi connectivity index (χ0) is 15.3. The van der Waals surface area contributed by atoms with Crippen molar-refractivity contribution in [2.24, 2.45) is 0 Å². The van der Waals surface area contributed by atoms with E-state index < -0.39 is 10.8 Å². The third kappa shape index (κ3) is 4.90. The number of nitrogens with zero attached hydrogens (tertiary/aromatic N) is 1. The molecule has 1 aliphatic rings. The standard InChI is InChI=1S/C17H28N2OS/c1-15(2)18-13-17(3,16-7-5-4-6-8-16)14-19-9-11-21(20)12-10-19/h4-8,15,18H,9-14H2,1-3H3. The van der Waals surface area contributed by atoms with Crippen LogP contribution in [0.4, 0.5) is 0 Å². The number of rotatable bonds is 6. The van der Waals surface area contributed by atoms with Crippen LogP contribution < -0.4 is 5.32 Å². The predicted octanol–water partition coefficient (Wildman–Crippen LogP) is 2.01. The first-order chi connectivity index (χ1) is 9.99. The minimum Gasteiger partial charge on any atom is -0.314 e. The minimum absolute atomic E-state index is 0.0877. The molecule has 1 fully saturated rings. The molecular formula is C17H28N2OS. The van der Waals surface area contributed by atoms with E-state index in [4.69, 9.17) is 0 Å². The molecule has 1 heterocycles. The van der Waals surface area contributed by atoms with Gasteiger partial charge in [-0.15, -0.1) is 0 Å². The Morgan fingerprint density at radius 2 is 1.86 bits per heavy atom. The summed E-state index contributed by atoms with van der Waals surface area (Å²) >= 11 is 0. The molecule has 1 unspecified atom stereocenters. The number of hydrogen-bond acceptors (Lipinski definition) is 3. The Labute approximate surface area is 131 Å². The van der Waals surface area contributed by atoms with Crippen LogP contribution in [0.3, 0.4) is 0 Å². The summed E-state index contributed by atoms with van der Waals surface area (Å²) in [4.78, 5) is 2.47. The highest BCUT2D eigenvalue weighted by atomic mass is 32.2. The highest BCUT2D eigenvalue weighted by Crippen LogP contribution is 2.25. The normalized spacial score (nSPS) is 20.6. The molecule has 1 aromatic carbocycles. The molecule has 0 amide bonds. The first kappa shape index (κ1) is 16.7. The zero-order valence-electron chi connectivity index (χ0n) is 13.5. The molecule has 0 aliphatic carbocycles. The van der Waals surface area contributed by atoms with E-state index in [9.17, 15) is 4.21 Å². The molecule has 21 heavy (non-hydrogen) atoms. The fraction of sp³-hybridized carbons (Fsp3) is 0.647. The first-order valence-corrected chi connectivity index (χ1v) is 9.35. The Morgan fingerprint density at radius 3 is 2.43 bits per heavy atom. The van der Waals surface area contributed by atoms with Gasteiger partial charge in [-0.05, 0) is 5.56 Å². The Kier molecular flexibility index (Phi) is 5.97. The summed E-state index contributed by atoms with van der Waals surface area (Å²) in [6, 6.07) is 11.3. The van der Waals surface area contributed by atoms with Crippen molar-refractivity contribution in [1.29, 1.82) is 0 Å². The van der Waals surface area contributed by atoms with E-state index >= 15 is 0 Å². The lowest BCUT2D eigenvalue weighted by molar-refractivity contribution is 0.224. The maximum Gasteiger partial charge on any atom is 0.0363 e. The summed E-state index contributed by atoms with van der Waals surface area (Å²) in [7, 11) is -0.602. The number of hydrogen-bond donors (Lipinski definition) is 1. The second-order valence-electron chi connectivity index (χ2n) is 6.59. The lowest BCUT2D eigenvalue weighted by Gasteiger charge is -2.38. The second-order valence-corrected chi connectivity index (χ2v) is 8.28. The van der Waals surface area contributed by atoms with Crippen LogP contribution in [0.5, 0.6) is 0 Å². The van der Waals surface area contributed by atoms with E-state index in [0.29, 0.717) is 6.04 Å². The van der Waals surface area contributed by atoms with Gasteiger partial charge in [-0.1, -0.05) is 51.1 Å². The van der Waals surface area contributed by atoms with Crippen molar-refractivity contribution in [3.63, 3.8) is 0 Å². The highest BCUT2D eigenvalue weighted by molar-refractivity contribution is 7.85. The van der Waals surface area contributed by atoms with Crippen LogP contribution >= 0.6 is 0 Å². The molecule has 3 nitrogen and oxygen atoms in total. The van der Waals surface area contributed by atoms with Crippen molar-refractivity contribution in [1.82, 2.24) is 10.2 Å². The van der Waals surface area contributed by atoms with Gasteiger partial charge in [0.1, 0.15) is 0 Å². The molecule has 0 bridgehead atoms. The summed E-state index contributed by atoms with van der Waals surface area (Å²) in [5, 5.41) is 3.60.